The predicted molar refractivity (Wildman–Crippen MR) is 57.4 cm³/mol. The minimum absolute atomic E-state index is 0.171. The number of carbonyl (C=O) groups is 2. The molecule has 3 nitrogen and oxygen atoms in total. The lowest BCUT2D eigenvalue weighted by atomic mass is 10.2. The van der Waals surface area contributed by atoms with E-state index in [1.807, 2.05) is 0 Å². The Labute approximate surface area is 96.9 Å². The van der Waals surface area contributed by atoms with Crippen LogP contribution in [0.15, 0.2) is 24.3 Å². The zero-order valence-corrected chi connectivity index (χ0v) is 9.22. The third kappa shape index (κ3) is 4.81. The minimum atomic E-state index is -0.560. The first-order valence-electron chi connectivity index (χ1n) is 4.16. The van der Waals surface area contributed by atoms with Crippen molar-refractivity contribution >= 4 is 33.7 Å². The summed E-state index contributed by atoms with van der Waals surface area (Å²) in [6, 6.07) is 6.70. The molecule has 0 aromatic heterocycles. The van der Waals surface area contributed by atoms with Gasteiger partial charge in [-0.15, -0.1) is 0 Å². The Morgan fingerprint density at radius 1 is 1.07 bits per heavy atom. The number of rotatable bonds is 5. The normalized spacial score (nSPS) is 9.73. The summed E-state index contributed by atoms with van der Waals surface area (Å²) in [6.45, 7) is -0.171. The Bertz CT molecular complexity index is 359. The van der Waals surface area contributed by atoms with Crippen molar-refractivity contribution in [2.45, 2.75) is 6.42 Å². The molecule has 0 amide bonds. The molecule has 0 radical (unpaired) electrons. The van der Waals surface area contributed by atoms with Gasteiger partial charge < -0.3 is 4.74 Å². The summed E-state index contributed by atoms with van der Waals surface area (Å²) in [5, 5.41) is -0.977. The van der Waals surface area contributed by atoms with E-state index in [9.17, 15) is 9.59 Å². The second kappa shape index (κ2) is 5.73. The molecule has 1 rings (SSSR count). The van der Waals surface area contributed by atoms with Gasteiger partial charge in [-0.1, -0.05) is 12.1 Å². The first-order chi connectivity index (χ1) is 7.08. The first kappa shape index (κ1) is 12.0. The summed E-state index contributed by atoms with van der Waals surface area (Å²) in [5.41, 5.74) is 0.791. The number of hydrogen-bond acceptors (Lipinski definition) is 3. The van der Waals surface area contributed by atoms with Gasteiger partial charge in [-0.2, -0.15) is 0 Å². The van der Waals surface area contributed by atoms with Crippen molar-refractivity contribution in [1.29, 1.82) is 0 Å². The van der Waals surface area contributed by atoms with E-state index in [0.717, 1.165) is 5.56 Å². The van der Waals surface area contributed by atoms with Crippen LogP contribution in [0.3, 0.4) is 0 Å². The van der Waals surface area contributed by atoms with Gasteiger partial charge in [0.2, 0.25) is 5.24 Å². The second-order valence-electron chi connectivity index (χ2n) is 2.82. The van der Waals surface area contributed by atoms with Crippen LogP contribution in [-0.2, 0) is 16.0 Å². The lowest BCUT2D eigenvalue weighted by molar-refractivity contribution is -0.113. The van der Waals surface area contributed by atoms with Gasteiger partial charge in [0.25, 0.3) is 5.24 Å². The van der Waals surface area contributed by atoms with Crippen LogP contribution in [0.5, 0.6) is 5.75 Å². The maximum atomic E-state index is 10.6. The molecule has 0 saturated heterocycles. The van der Waals surface area contributed by atoms with Crippen molar-refractivity contribution in [3.8, 4) is 5.75 Å². The van der Waals surface area contributed by atoms with Crippen molar-refractivity contribution in [3.63, 3.8) is 0 Å². The molecule has 5 heteroatoms. The summed E-state index contributed by atoms with van der Waals surface area (Å²) >= 11 is 10.3. The fourth-order valence-electron chi connectivity index (χ4n) is 1.00. The molecule has 0 aliphatic heterocycles. The smallest absolute Gasteiger partial charge is 0.259 e. The quantitative estimate of drug-likeness (QED) is 0.748. The van der Waals surface area contributed by atoms with Crippen molar-refractivity contribution < 1.29 is 14.3 Å². The topological polar surface area (TPSA) is 43.4 Å². The molecule has 0 spiro atoms. The molecular weight excluding hydrogens is 239 g/mol. The fourth-order valence-corrected chi connectivity index (χ4v) is 1.21. The van der Waals surface area contributed by atoms with E-state index in [1.54, 1.807) is 24.3 Å². The summed E-state index contributed by atoms with van der Waals surface area (Å²) < 4.78 is 5.03. The number of halogens is 2. The number of benzene rings is 1. The standard InChI is InChI=1S/C10H8Cl2O3/c11-9(13)5-7-1-3-8(4-2-7)15-6-10(12)14/h1-4H,5-6H2. The van der Waals surface area contributed by atoms with Crippen molar-refractivity contribution in [3.05, 3.63) is 29.8 Å². The number of carbonyl (C=O) groups excluding carboxylic acids is 2. The molecule has 0 fully saturated rings. The number of hydrogen-bond donors (Lipinski definition) is 0. The van der Waals surface area contributed by atoms with Gasteiger partial charge >= 0.3 is 0 Å². The zero-order valence-electron chi connectivity index (χ0n) is 7.70. The third-order valence-electron chi connectivity index (χ3n) is 1.62. The molecule has 0 saturated carbocycles. The van der Waals surface area contributed by atoms with Gasteiger partial charge in [-0.05, 0) is 40.9 Å². The SMILES string of the molecule is O=C(Cl)COc1ccc(CC(=O)Cl)cc1. The highest BCUT2D eigenvalue weighted by molar-refractivity contribution is 6.64. The van der Waals surface area contributed by atoms with Crippen molar-refractivity contribution in [2.24, 2.45) is 0 Å². The van der Waals surface area contributed by atoms with Crippen LogP contribution >= 0.6 is 23.2 Å². The van der Waals surface area contributed by atoms with Crippen molar-refractivity contribution in [1.82, 2.24) is 0 Å². The molecule has 0 atom stereocenters. The lowest BCUT2D eigenvalue weighted by Gasteiger charge is -2.03. The van der Waals surface area contributed by atoms with E-state index < -0.39 is 10.5 Å². The molecule has 0 aliphatic carbocycles. The summed E-state index contributed by atoms with van der Waals surface area (Å²) in [5.74, 6) is 0.523. The molecule has 0 aliphatic rings. The predicted octanol–water partition coefficient (Wildman–Crippen LogP) is 2.14. The summed E-state index contributed by atoms with van der Waals surface area (Å²) in [6.07, 6.45) is 0.177. The van der Waals surface area contributed by atoms with Crippen molar-refractivity contribution in [2.75, 3.05) is 6.61 Å². The van der Waals surface area contributed by atoms with Gasteiger partial charge in [0.15, 0.2) is 6.61 Å². The molecule has 15 heavy (non-hydrogen) atoms. The average molecular weight is 247 g/mol. The van der Waals surface area contributed by atoms with E-state index in [4.69, 9.17) is 27.9 Å². The number of ether oxygens (including phenoxy) is 1. The van der Waals surface area contributed by atoms with Gasteiger partial charge in [0.05, 0.1) is 0 Å². The van der Waals surface area contributed by atoms with Crippen LogP contribution < -0.4 is 4.74 Å². The Balaban J connectivity index is 2.56. The highest BCUT2D eigenvalue weighted by Gasteiger charge is 2.01. The Morgan fingerprint density at radius 3 is 2.13 bits per heavy atom. The second-order valence-corrected chi connectivity index (χ2v) is 3.66. The monoisotopic (exact) mass is 246 g/mol. The van der Waals surface area contributed by atoms with Crippen LogP contribution in [0, 0.1) is 0 Å². The molecule has 0 N–H and O–H groups in total. The molecule has 0 bridgehead atoms. The van der Waals surface area contributed by atoms with Crippen LogP contribution in [0.2, 0.25) is 0 Å². The first-order valence-corrected chi connectivity index (χ1v) is 4.92. The Hall–Kier alpha value is -1.06. The maximum absolute atomic E-state index is 10.6. The van der Waals surface area contributed by atoms with E-state index in [2.05, 4.69) is 0 Å². The van der Waals surface area contributed by atoms with Crippen LogP contribution in [0.4, 0.5) is 0 Å². The molecule has 1 aromatic rings. The Morgan fingerprint density at radius 2 is 1.67 bits per heavy atom. The molecular formula is C10H8Cl2O3. The van der Waals surface area contributed by atoms with E-state index in [-0.39, 0.29) is 13.0 Å². The highest BCUT2D eigenvalue weighted by Crippen LogP contribution is 2.13. The third-order valence-corrected chi connectivity index (χ3v) is 1.86. The largest absolute Gasteiger partial charge is 0.484 e. The van der Waals surface area contributed by atoms with E-state index in [0.29, 0.717) is 5.75 Å². The van der Waals surface area contributed by atoms with Crippen LogP contribution in [-0.4, -0.2) is 17.1 Å². The minimum Gasteiger partial charge on any atom is -0.484 e. The van der Waals surface area contributed by atoms with Gasteiger partial charge in [0, 0.05) is 6.42 Å². The molecule has 80 valence electrons. The summed E-state index contributed by atoms with van der Waals surface area (Å²) in [4.78, 5) is 21.0. The zero-order chi connectivity index (χ0) is 11.3. The van der Waals surface area contributed by atoms with Crippen LogP contribution in [0.1, 0.15) is 5.56 Å². The molecule has 0 heterocycles. The fraction of sp³-hybridized carbons (Fsp3) is 0.200. The van der Waals surface area contributed by atoms with Gasteiger partial charge in [-0.3, -0.25) is 9.59 Å². The average Bonchev–Trinajstić information content (AvgIpc) is 2.16. The lowest BCUT2D eigenvalue weighted by Crippen LogP contribution is -2.04. The van der Waals surface area contributed by atoms with Gasteiger partial charge in [0.1, 0.15) is 5.75 Å². The maximum Gasteiger partial charge on any atom is 0.259 e. The highest BCUT2D eigenvalue weighted by atomic mass is 35.5. The van der Waals surface area contributed by atoms with E-state index in [1.165, 1.54) is 0 Å². The van der Waals surface area contributed by atoms with E-state index >= 15 is 0 Å². The summed E-state index contributed by atoms with van der Waals surface area (Å²) in [7, 11) is 0. The van der Waals surface area contributed by atoms with Gasteiger partial charge in [-0.25, -0.2) is 0 Å². The molecule has 1 aromatic carbocycles. The Kier molecular flexibility index (Phi) is 4.59. The molecule has 0 unspecified atom stereocenters. The van der Waals surface area contributed by atoms with Crippen LogP contribution in [0.25, 0.3) is 0 Å².